The van der Waals surface area contributed by atoms with Crippen LogP contribution >= 0.6 is 0 Å². The first-order chi connectivity index (χ1) is 16.0. The monoisotopic (exact) mass is 450 g/mol. The summed E-state index contributed by atoms with van der Waals surface area (Å²) < 4.78 is 10.3. The van der Waals surface area contributed by atoms with Gasteiger partial charge >= 0.3 is 5.97 Å². The average Bonchev–Trinajstić information content (AvgIpc) is 3.16. The number of nitrogens with zero attached hydrogens (tertiary/aromatic N) is 2. The summed E-state index contributed by atoms with van der Waals surface area (Å²) in [4.78, 5) is 53.5. The number of imide groups is 1. The van der Waals surface area contributed by atoms with Crippen LogP contribution in [0.3, 0.4) is 0 Å². The van der Waals surface area contributed by atoms with Crippen LogP contribution in [0.1, 0.15) is 46.4 Å². The molecule has 0 spiro atoms. The molecule has 8 heteroatoms. The summed E-state index contributed by atoms with van der Waals surface area (Å²) in [5.41, 5.74) is 0.974. The lowest BCUT2D eigenvalue weighted by atomic mass is 10.1. The Kier molecular flexibility index (Phi) is 6.84. The Labute approximate surface area is 192 Å². The molecule has 2 aliphatic heterocycles. The van der Waals surface area contributed by atoms with E-state index in [9.17, 15) is 19.2 Å². The molecular weight excluding hydrogens is 424 g/mol. The van der Waals surface area contributed by atoms with Crippen LogP contribution in [0.25, 0.3) is 0 Å². The van der Waals surface area contributed by atoms with Crippen LogP contribution < -0.4 is 9.64 Å². The third-order valence-electron chi connectivity index (χ3n) is 6.06. The Balaban J connectivity index is 1.38. The van der Waals surface area contributed by atoms with E-state index in [0.717, 1.165) is 32.4 Å². The van der Waals surface area contributed by atoms with E-state index < -0.39 is 18.6 Å². The Morgan fingerprint density at radius 1 is 0.970 bits per heavy atom. The van der Waals surface area contributed by atoms with Gasteiger partial charge in [-0.1, -0.05) is 18.6 Å². The summed E-state index contributed by atoms with van der Waals surface area (Å²) in [7, 11) is 1.46. The zero-order valence-corrected chi connectivity index (χ0v) is 18.5. The first kappa shape index (κ1) is 22.7. The van der Waals surface area contributed by atoms with Crippen molar-refractivity contribution in [1.29, 1.82) is 0 Å². The number of ketones is 1. The van der Waals surface area contributed by atoms with Crippen molar-refractivity contribution in [3.63, 3.8) is 0 Å². The van der Waals surface area contributed by atoms with E-state index in [-0.39, 0.29) is 29.6 Å². The van der Waals surface area contributed by atoms with Crippen LogP contribution in [-0.4, -0.2) is 61.3 Å². The molecule has 0 radical (unpaired) electrons. The Hall–Kier alpha value is -3.52. The highest BCUT2D eigenvalue weighted by atomic mass is 16.5. The van der Waals surface area contributed by atoms with Gasteiger partial charge < -0.3 is 9.47 Å². The fourth-order valence-corrected chi connectivity index (χ4v) is 4.32. The van der Waals surface area contributed by atoms with Gasteiger partial charge in [-0.3, -0.25) is 19.3 Å². The first-order valence-electron chi connectivity index (χ1n) is 11.0. The number of Topliss-reactive ketones (excluding diaryl/α,β-unsaturated/α-hetero) is 1. The summed E-state index contributed by atoms with van der Waals surface area (Å²) >= 11 is 0. The number of likely N-dealkylation sites (tertiary alicyclic amines) is 1. The lowest BCUT2D eigenvalue weighted by Crippen LogP contribution is -2.44. The summed E-state index contributed by atoms with van der Waals surface area (Å²) in [6, 6.07) is 12.4. The first-order valence-corrected chi connectivity index (χ1v) is 11.0. The van der Waals surface area contributed by atoms with E-state index in [1.165, 1.54) is 24.1 Å². The minimum atomic E-state index is -0.671. The second kappa shape index (κ2) is 9.95. The normalized spacial score (nSPS) is 18.9. The standard InChI is InChI=1S/C25H26N2O6/c1-32-22-8-4-3-7-19(22)21(28)16-33-25(31)17-9-11-18(12-10-17)27-23(29)15-20(24(27)30)26-13-5-2-6-14-26/h3-4,7-12,20H,2,5-6,13-16H2,1H3. The van der Waals surface area contributed by atoms with E-state index in [0.29, 0.717) is 17.0 Å². The van der Waals surface area contributed by atoms with Crippen LogP contribution in [0.15, 0.2) is 48.5 Å². The van der Waals surface area contributed by atoms with Gasteiger partial charge in [0.25, 0.3) is 5.91 Å². The fraction of sp³-hybridized carbons (Fsp3) is 0.360. The van der Waals surface area contributed by atoms with Gasteiger partial charge in [0.05, 0.1) is 36.4 Å². The van der Waals surface area contributed by atoms with Gasteiger partial charge in [0.15, 0.2) is 6.61 Å². The summed E-state index contributed by atoms with van der Waals surface area (Å²) in [6.07, 6.45) is 3.40. The van der Waals surface area contributed by atoms with E-state index in [1.54, 1.807) is 36.4 Å². The van der Waals surface area contributed by atoms with Gasteiger partial charge in [-0.2, -0.15) is 0 Å². The van der Waals surface area contributed by atoms with Crippen molar-refractivity contribution in [3.8, 4) is 5.75 Å². The largest absolute Gasteiger partial charge is 0.496 e. The minimum absolute atomic E-state index is 0.174. The molecular formula is C25H26N2O6. The van der Waals surface area contributed by atoms with Crippen molar-refractivity contribution in [2.24, 2.45) is 0 Å². The Morgan fingerprint density at radius 2 is 1.67 bits per heavy atom. The zero-order chi connectivity index (χ0) is 23.4. The number of carbonyl (C=O) groups is 4. The maximum absolute atomic E-state index is 12.9. The quantitative estimate of drug-likeness (QED) is 0.364. The number of piperidine rings is 1. The number of carbonyl (C=O) groups excluding carboxylic acids is 4. The van der Waals surface area contributed by atoms with E-state index in [1.807, 2.05) is 0 Å². The molecule has 0 bridgehead atoms. The van der Waals surface area contributed by atoms with Crippen LogP contribution in [0.2, 0.25) is 0 Å². The SMILES string of the molecule is COc1ccccc1C(=O)COC(=O)c1ccc(N2C(=O)CC(N3CCCCC3)C2=O)cc1. The number of methoxy groups -OCH3 is 1. The number of benzene rings is 2. The number of anilines is 1. The van der Waals surface area contributed by atoms with Crippen molar-refractivity contribution >= 4 is 29.3 Å². The number of amides is 2. The third-order valence-corrected chi connectivity index (χ3v) is 6.06. The fourth-order valence-electron chi connectivity index (χ4n) is 4.32. The summed E-state index contributed by atoms with van der Waals surface area (Å²) in [5, 5.41) is 0. The van der Waals surface area contributed by atoms with Crippen molar-refractivity contribution in [1.82, 2.24) is 4.90 Å². The molecule has 33 heavy (non-hydrogen) atoms. The highest BCUT2D eigenvalue weighted by molar-refractivity contribution is 6.22. The lowest BCUT2D eigenvalue weighted by molar-refractivity contribution is -0.123. The molecule has 0 aromatic heterocycles. The molecule has 0 aliphatic carbocycles. The minimum Gasteiger partial charge on any atom is -0.496 e. The topological polar surface area (TPSA) is 93.2 Å². The van der Waals surface area contributed by atoms with Crippen LogP contribution in [0.4, 0.5) is 5.69 Å². The highest BCUT2D eigenvalue weighted by Crippen LogP contribution is 2.28. The molecule has 2 amide bonds. The van der Waals surface area contributed by atoms with Crippen LogP contribution in [0.5, 0.6) is 5.75 Å². The number of rotatable bonds is 7. The molecule has 2 fully saturated rings. The van der Waals surface area contributed by atoms with Gasteiger partial charge in [0.1, 0.15) is 5.75 Å². The van der Waals surface area contributed by atoms with Crippen LogP contribution in [0, 0.1) is 0 Å². The molecule has 2 heterocycles. The molecule has 1 atom stereocenters. The second-order valence-corrected chi connectivity index (χ2v) is 8.13. The van der Waals surface area contributed by atoms with Crippen molar-refractivity contribution in [2.45, 2.75) is 31.7 Å². The molecule has 2 saturated heterocycles. The highest BCUT2D eigenvalue weighted by Gasteiger charge is 2.42. The smallest absolute Gasteiger partial charge is 0.338 e. The molecule has 2 aliphatic rings. The lowest BCUT2D eigenvalue weighted by Gasteiger charge is -2.30. The number of para-hydroxylation sites is 1. The molecule has 1 unspecified atom stereocenters. The maximum atomic E-state index is 12.9. The number of ether oxygens (including phenoxy) is 2. The van der Waals surface area contributed by atoms with Gasteiger partial charge in [-0.15, -0.1) is 0 Å². The zero-order valence-electron chi connectivity index (χ0n) is 18.5. The van der Waals surface area contributed by atoms with Crippen molar-refractivity contribution < 1.29 is 28.7 Å². The van der Waals surface area contributed by atoms with E-state index >= 15 is 0 Å². The molecule has 2 aromatic rings. The molecule has 2 aromatic carbocycles. The molecule has 172 valence electrons. The molecule has 0 saturated carbocycles. The van der Waals surface area contributed by atoms with Crippen molar-refractivity contribution in [3.05, 3.63) is 59.7 Å². The number of hydrogen-bond donors (Lipinski definition) is 0. The van der Waals surface area contributed by atoms with E-state index in [2.05, 4.69) is 4.90 Å². The van der Waals surface area contributed by atoms with Crippen LogP contribution in [-0.2, 0) is 14.3 Å². The third kappa shape index (κ3) is 4.80. The maximum Gasteiger partial charge on any atom is 0.338 e. The predicted molar refractivity (Wildman–Crippen MR) is 120 cm³/mol. The van der Waals surface area contributed by atoms with Gasteiger partial charge in [-0.25, -0.2) is 9.69 Å². The Bertz CT molecular complexity index is 1060. The molecule has 8 nitrogen and oxygen atoms in total. The number of hydrogen-bond acceptors (Lipinski definition) is 7. The summed E-state index contributed by atoms with van der Waals surface area (Å²) in [5.74, 6) is -1.11. The van der Waals surface area contributed by atoms with Crippen molar-refractivity contribution in [2.75, 3.05) is 31.7 Å². The van der Waals surface area contributed by atoms with Gasteiger partial charge in [-0.05, 0) is 62.3 Å². The molecule has 4 rings (SSSR count). The second-order valence-electron chi connectivity index (χ2n) is 8.13. The predicted octanol–water partition coefficient (Wildman–Crippen LogP) is 2.85. The van der Waals surface area contributed by atoms with E-state index in [4.69, 9.17) is 9.47 Å². The average molecular weight is 450 g/mol. The van der Waals surface area contributed by atoms with Gasteiger partial charge in [0, 0.05) is 0 Å². The number of esters is 1. The molecule has 0 N–H and O–H groups in total. The Morgan fingerprint density at radius 3 is 2.36 bits per heavy atom. The van der Waals surface area contributed by atoms with Gasteiger partial charge in [0.2, 0.25) is 11.7 Å². The summed E-state index contributed by atoms with van der Waals surface area (Å²) in [6.45, 7) is 1.23.